The van der Waals surface area contributed by atoms with Gasteiger partial charge in [0.25, 0.3) is 5.91 Å². The van der Waals surface area contributed by atoms with Crippen LogP contribution < -0.4 is 5.32 Å². The van der Waals surface area contributed by atoms with Crippen molar-refractivity contribution in [2.24, 2.45) is 5.92 Å². The number of carbonyl (C=O) groups is 1. The molecule has 0 saturated heterocycles. The van der Waals surface area contributed by atoms with Crippen LogP contribution in [0, 0.1) is 5.92 Å². The summed E-state index contributed by atoms with van der Waals surface area (Å²) in [6, 6.07) is 15.9. The number of aromatic nitrogens is 2. The molecule has 0 unspecified atom stereocenters. The third kappa shape index (κ3) is 3.56. The minimum Gasteiger partial charge on any atom is -0.321 e. The number of nitrogens with zero attached hydrogens (tertiary/aromatic N) is 3. The number of hydrogen-bond donors (Lipinski definition) is 1. The van der Waals surface area contributed by atoms with Crippen molar-refractivity contribution in [2.45, 2.75) is 25.3 Å². The van der Waals surface area contributed by atoms with E-state index in [0.29, 0.717) is 23.6 Å². The number of fused-ring (bicyclic) bond motifs is 3. The second-order valence-corrected chi connectivity index (χ2v) is 9.30. The number of rotatable bonds is 4. The zero-order chi connectivity index (χ0) is 20.6. The van der Waals surface area contributed by atoms with Crippen LogP contribution in [0.25, 0.3) is 5.69 Å². The fourth-order valence-corrected chi connectivity index (χ4v) is 5.22. The number of carbonyl (C=O) groups excluding carboxylic acids is 1. The molecule has 1 aliphatic heterocycles. The number of sulfonamides is 1. The second kappa shape index (κ2) is 7.46. The first-order chi connectivity index (χ1) is 13.9. The Morgan fingerprint density at radius 1 is 1.10 bits per heavy atom. The van der Waals surface area contributed by atoms with E-state index >= 15 is 0 Å². The first-order valence-electron chi connectivity index (χ1n) is 9.40. The highest BCUT2D eigenvalue weighted by Gasteiger charge is 2.35. The Balaban J connectivity index is 1.82. The molecule has 8 heteroatoms. The van der Waals surface area contributed by atoms with Crippen molar-refractivity contribution < 1.29 is 13.2 Å². The average Bonchev–Trinajstić information content (AvgIpc) is 3.08. The van der Waals surface area contributed by atoms with Crippen LogP contribution in [0.15, 0.2) is 65.8 Å². The zero-order valence-corrected chi connectivity index (χ0v) is 17.1. The van der Waals surface area contributed by atoms with Crippen molar-refractivity contribution in [3.05, 3.63) is 72.3 Å². The maximum absolute atomic E-state index is 13.3. The average molecular weight is 410 g/mol. The Bertz CT molecular complexity index is 1150. The van der Waals surface area contributed by atoms with E-state index < -0.39 is 10.0 Å². The third-order valence-electron chi connectivity index (χ3n) is 4.75. The van der Waals surface area contributed by atoms with Gasteiger partial charge in [0, 0.05) is 12.2 Å². The van der Waals surface area contributed by atoms with Crippen molar-refractivity contribution in [3.63, 3.8) is 0 Å². The molecule has 1 aromatic heterocycles. The summed E-state index contributed by atoms with van der Waals surface area (Å²) in [4.78, 5) is 17.4. The van der Waals surface area contributed by atoms with Crippen molar-refractivity contribution >= 4 is 21.6 Å². The lowest BCUT2D eigenvalue weighted by Crippen LogP contribution is -2.33. The molecule has 1 N–H and O–H groups in total. The zero-order valence-electron chi connectivity index (χ0n) is 16.2. The predicted molar refractivity (Wildman–Crippen MR) is 110 cm³/mol. The normalized spacial score (nSPS) is 15.4. The predicted octanol–water partition coefficient (Wildman–Crippen LogP) is 3.28. The Labute approximate surface area is 170 Å². The minimum absolute atomic E-state index is 0.0761. The van der Waals surface area contributed by atoms with Gasteiger partial charge in [0.15, 0.2) is 5.69 Å². The van der Waals surface area contributed by atoms with E-state index in [4.69, 9.17) is 0 Å². The first-order valence-corrected chi connectivity index (χ1v) is 10.8. The molecule has 2 heterocycles. The molecule has 0 atom stereocenters. The van der Waals surface area contributed by atoms with Gasteiger partial charge in [-0.2, -0.15) is 4.31 Å². The molecule has 2 aromatic carbocycles. The number of benzene rings is 2. The van der Waals surface area contributed by atoms with Crippen molar-refractivity contribution in [1.29, 1.82) is 0 Å². The molecule has 1 amide bonds. The summed E-state index contributed by atoms with van der Waals surface area (Å²) >= 11 is 0. The van der Waals surface area contributed by atoms with Crippen LogP contribution in [-0.4, -0.2) is 34.7 Å². The molecule has 0 aliphatic carbocycles. The maximum Gasteiger partial charge on any atom is 0.276 e. The minimum atomic E-state index is -3.70. The molecule has 29 heavy (non-hydrogen) atoms. The van der Waals surface area contributed by atoms with Crippen molar-refractivity contribution in [2.75, 3.05) is 11.9 Å². The number of nitrogens with one attached hydrogen (secondary N) is 1. The fraction of sp³-hybridized carbons (Fsp3) is 0.238. The molecule has 150 valence electrons. The number of imidazole rings is 1. The molecule has 0 fully saturated rings. The van der Waals surface area contributed by atoms with E-state index in [1.807, 2.05) is 32.0 Å². The van der Waals surface area contributed by atoms with Crippen LogP contribution in [0.3, 0.4) is 0 Å². The number of anilines is 1. The molecular formula is C21H22N4O3S. The molecule has 0 radical (unpaired) electrons. The Morgan fingerprint density at radius 2 is 1.79 bits per heavy atom. The van der Waals surface area contributed by atoms with E-state index in [-0.39, 0.29) is 29.0 Å². The van der Waals surface area contributed by atoms with Gasteiger partial charge in [-0.3, -0.25) is 9.36 Å². The SMILES string of the molecule is CC(C)CN1Cc2c(C(=O)Nc3ccccc3)ncn2-c2ccccc2S1(=O)=O. The lowest BCUT2D eigenvalue weighted by atomic mass is 10.2. The van der Waals surface area contributed by atoms with Crippen molar-refractivity contribution in [3.8, 4) is 5.69 Å². The quantitative estimate of drug-likeness (QED) is 0.715. The van der Waals surface area contributed by atoms with Gasteiger partial charge in [-0.05, 0) is 30.2 Å². The monoisotopic (exact) mass is 410 g/mol. The van der Waals surface area contributed by atoms with Gasteiger partial charge < -0.3 is 5.32 Å². The molecule has 0 saturated carbocycles. The maximum atomic E-state index is 13.3. The van der Waals surface area contributed by atoms with Gasteiger partial charge in [0.05, 0.1) is 17.9 Å². The van der Waals surface area contributed by atoms with Gasteiger partial charge in [-0.1, -0.05) is 44.2 Å². The Kier molecular flexibility index (Phi) is 4.97. The number of amides is 1. The summed E-state index contributed by atoms with van der Waals surface area (Å²) in [5.74, 6) is -0.237. The molecule has 0 spiro atoms. The van der Waals surface area contributed by atoms with Gasteiger partial charge in [-0.25, -0.2) is 13.4 Å². The van der Waals surface area contributed by atoms with Gasteiger partial charge in [0.1, 0.15) is 11.2 Å². The summed E-state index contributed by atoms with van der Waals surface area (Å²) < 4.78 is 29.7. The molecule has 4 rings (SSSR count). The third-order valence-corrected chi connectivity index (χ3v) is 6.61. The van der Waals surface area contributed by atoms with Crippen LogP contribution in [0.5, 0.6) is 0 Å². The lowest BCUT2D eigenvalue weighted by molar-refractivity contribution is 0.102. The molecule has 1 aliphatic rings. The largest absolute Gasteiger partial charge is 0.321 e. The highest BCUT2D eigenvalue weighted by Crippen LogP contribution is 2.31. The first kappa shape index (κ1) is 19.4. The Morgan fingerprint density at radius 3 is 2.52 bits per heavy atom. The van der Waals surface area contributed by atoms with Crippen molar-refractivity contribution in [1.82, 2.24) is 13.9 Å². The molecule has 7 nitrogen and oxygen atoms in total. The lowest BCUT2D eigenvalue weighted by Gasteiger charge is -2.22. The van der Waals surface area contributed by atoms with E-state index in [2.05, 4.69) is 10.3 Å². The smallest absolute Gasteiger partial charge is 0.276 e. The number of para-hydroxylation sites is 2. The summed E-state index contributed by atoms with van der Waals surface area (Å²) in [5, 5.41) is 2.83. The van der Waals surface area contributed by atoms with Crippen LogP contribution >= 0.6 is 0 Å². The molecular weight excluding hydrogens is 388 g/mol. The summed E-state index contributed by atoms with van der Waals surface area (Å²) in [7, 11) is -3.70. The second-order valence-electron chi connectivity index (χ2n) is 7.39. The van der Waals surface area contributed by atoms with E-state index in [1.165, 1.54) is 10.6 Å². The van der Waals surface area contributed by atoms with Crippen LogP contribution in [0.2, 0.25) is 0 Å². The molecule has 0 bridgehead atoms. The van der Waals surface area contributed by atoms with Crippen LogP contribution in [0.4, 0.5) is 5.69 Å². The molecule has 3 aromatic rings. The highest BCUT2D eigenvalue weighted by molar-refractivity contribution is 7.89. The van der Waals surface area contributed by atoms with Gasteiger partial charge in [-0.15, -0.1) is 0 Å². The van der Waals surface area contributed by atoms with E-state index in [9.17, 15) is 13.2 Å². The fourth-order valence-electron chi connectivity index (χ4n) is 3.47. The van der Waals surface area contributed by atoms with E-state index in [1.54, 1.807) is 41.0 Å². The summed E-state index contributed by atoms with van der Waals surface area (Å²) in [6.45, 7) is 4.35. The highest BCUT2D eigenvalue weighted by atomic mass is 32.2. The summed E-state index contributed by atoms with van der Waals surface area (Å²) in [6.07, 6.45) is 1.52. The summed E-state index contributed by atoms with van der Waals surface area (Å²) in [5.41, 5.74) is 1.92. The van der Waals surface area contributed by atoms with Crippen LogP contribution in [-0.2, 0) is 16.6 Å². The van der Waals surface area contributed by atoms with Crippen LogP contribution in [0.1, 0.15) is 30.0 Å². The standard InChI is InChI=1S/C21H22N4O3S/c1-15(2)12-24-13-18-20(21(26)23-16-8-4-3-5-9-16)22-14-25(18)17-10-6-7-11-19(17)29(24,27)28/h3-11,14-15H,12-13H2,1-2H3,(H,23,26). The topological polar surface area (TPSA) is 84.3 Å². The van der Waals surface area contributed by atoms with Gasteiger partial charge >= 0.3 is 0 Å². The van der Waals surface area contributed by atoms with Gasteiger partial charge in [0.2, 0.25) is 10.0 Å². The van der Waals surface area contributed by atoms with E-state index in [0.717, 1.165) is 0 Å². The Hall–Kier alpha value is -2.97. The number of hydrogen-bond acceptors (Lipinski definition) is 4.